The third-order valence-corrected chi connectivity index (χ3v) is 2.59. The monoisotopic (exact) mass is 255 g/mol. The van der Waals surface area contributed by atoms with Crippen molar-refractivity contribution in [3.05, 3.63) is 12.0 Å². The van der Waals surface area contributed by atoms with Crippen LogP contribution in [-0.4, -0.2) is 47.5 Å². The Hall–Kier alpha value is -1.92. The van der Waals surface area contributed by atoms with Crippen LogP contribution >= 0.6 is 0 Å². The Morgan fingerprint density at radius 1 is 1.44 bits per heavy atom. The predicted molar refractivity (Wildman–Crippen MR) is 67.6 cm³/mol. The molecular weight excluding hydrogens is 237 g/mol. The molecule has 0 fully saturated rings. The highest BCUT2D eigenvalue weighted by Gasteiger charge is 2.16. The summed E-state index contributed by atoms with van der Waals surface area (Å²) in [5.74, 6) is -0.672. The van der Waals surface area contributed by atoms with Gasteiger partial charge in [0.1, 0.15) is 0 Å². The summed E-state index contributed by atoms with van der Waals surface area (Å²) in [5, 5.41) is 0. The minimum atomic E-state index is -0.598. The summed E-state index contributed by atoms with van der Waals surface area (Å²) >= 11 is 0. The van der Waals surface area contributed by atoms with Crippen molar-refractivity contribution in [3.63, 3.8) is 0 Å². The number of anilines is 2. The van der Waals surface area contributed by atoms with E-state index in [0.29, 0.717) is 13.1 Å². The molecule has 0 aliphatic heterocycles. The van der Waals surface area contributed by atoms with E-state index in [1.54, 1.807) is 11.9 Å². The molecule has 0 saturated carbocycles. The van der Waals surface area contributed by atoms with E-state index in [1.807, 2.05) is 13.8 Å². The van der Waals surface area contributed by atoms with Crippen LogP contribution in [0.4, 0.5) is 16.2 Å². The minimum absolute atomic E-state index is 0.0199. The molecule has 7 heteroatoms. The Morgan fingerprint density at radius 2 is 2.06 bits per heavy atom. The number of nitrogen functional groups attached to an aromatic ring is 1. The van der Waals surface area contributed by atoms with Gasteiger partial charge in [-0.25, -0.2) is 9.37 Å². The number of nitrogens with zero attached hydrogens (tertiary/aromatic N) is 4. The molecule has 2 N–H and O–H groups in total. The van der Waals surface area contributed by atoms with Gasteiger partial charge in [0.05, 0.1) is 12.7 Å². The van der Waals surface area contributed by atoms with Crippen molar-refractivity contribution >= 4 is 17.7 Å². The fourth-order valence-corrected chi connectivity index (χ4v) is 1.59. The van der Waals surface area contributed by atoms with E-state index in [1.165, 1.54) is 4.90 Å². The standard InChI is InChI=1S/C11H18FN5O/c1-4-17(5-2)9(18)7-16(3)10-8(12)6-14-11(13)15-10/h6H,4-5,7H2,1-3H3,(H2,13,14,15). The summed E-state index contributed by atoms with van der Waals surface area (Å²) in [5.41, 5.74) is 5.40. The molecule has 0 unspecified atom stereocenters. The van der Waals surface area contributed by atoms with Gasteiger partial charge in [0.2, 0.25) is 11.9 Å². The molecule has 0 spiro atoms. The fraction of sp³-hybridized carbons (Fsp3) is 0.545. The van der Waals surface area contributed by atoms with Crippen LogP contribution in [0.3, 0.4) is 0 Å². The maximum absolute atomic E-state index is 13.5. The molecule has 18 heavy (non-hydrogen) atoms. The molecule has 1 aromatic heterocycles. The first-order chi connectivity index (χ1) is 8.49. The largest absolute Gasteiger partial charge is 0.368 e. The van der Waals surface area contributed by atoms with E-state index in [9.17, 15) is 9.18 Å². The zero-order valence-corrected chi connectivity index (χ0v) is 10.9. The predicted octanol–water partition coefficient (Wildman–Crippen LogP) is 0.503. The maximum Gasteiger partial charge on any atom is 0.242 e. The van der Waals surface area contributed by atoms with Crippen molar-refractivity contribution in [3.8, 4) is 0 Å². The van der Waals surface area contributed by atoms with E-state index in [2.05, 4.69) is 9.97 Å². The normalized spacial score (nSPS) is 10.2. The lowest BCUT2D eigenvalue weighted by Gasteiger charge is -2.23. The van der Waals surface area contributed by atoms with Crippen molar-refractivity contribution in [2.24, 2.45) is 0 Å². The number of nitrogens with two attached hydrogens (primary N) is 1. The zero-order chi connectivity index (χ0) is 13.7. The van der Waals surface area contributed by atoms with Gasteiger partial charge in [-0.15, -0.1) is 0 Å². The smallest absolute Gasteiger partial charge is 0.242 e. The molecule has 0 saturated heterocycles. The second-order valence-corrected chi connectivity index (χ2v) is 3.82. The number of aromatic nitrogens is 2. The lowest BCUT2D eigenvalue weighted by Crippen LogP contribution is -2.39. The summed E-state index contributed by atoms with van der Waals surface area (Å²) in [6.07, 6.45) is 0.996. The van der Waals surface area contributed by atoms with E-state index in [0.717, 1.165) is 6.20 Å². The van der Waals surface area contributed by atoms with E-state index in [4.69, 9.17) is 5.73 Å². The van der Waals surface area contributed by atoms with Crippen LogP contribution in [0.5, 0.6) is 0 Å². The Morgan fingerprint density at radius 3 is 2.61 bits per heavy atom. The molecule has 0 radical (unpaired) electrons. The Kier molecular flexibility index (Phi) is 4.82. The topological polar surface area (TPSA) is 75.4 Å². The number of rotatable bonds is 5. The molecule has 0 bridgehead atoms. The van der Waals surface area contributed by atoms with Crippen molar-refractivity contribution in [1.29, 1.82) is 0 Å². The molecule has 1 amide bonds. The third-order valence-electron chi connectivity index (χ3n) is 2.59. The number of hydrogen-bond donors (Lipinski definition) is 1. The van der Waals surface area contributed by atoms with Crippen LogP contribution in [0.25, 0.3) is 0 Å². The van der Waals surface area contributed by atoms with Crippen molar-refractivity contribution in [2.45, 2.75) is 13.8 Å². The van der Waals surface area contributed by atoms with Gasteiger partial charge in [-0.1, -0.05) is 0 Å². The van der Waals surface area contributed by atoms with E-state index >= 15 is 0 Å². The summed E-state index contributed by atoms with van der Waals surface area (Å²) in [6, 6.07) is 0. The number of likely N-dealkylation sites (N-methyl/N-ethyl adjacent to an activating group) is 2. The van der Waals surface area contributed by atoms with Crippen LogP contribution in [0.15, 0.2) is 6.20 Å². The Balaban J connectivity index is 2.79. The van der Waals surface area contributed by atoms with Gasteiger partial charge in [0, 0.05) is 20.1 Å². The van der Waals surface area contributed by atoms with Crippen LogP contribution in [0.1, 0.15) is 13.8 Å². The van der Waals surface area contributed by atoms with Crippen LogP contribution in [0.2, 0.25) is 0 Å². The molecule has 0 aliphatic rings. The van der Waals surface area contributed by atoms with Gasteiger partial charge in [0.15, 0.2) is 11.6 Å². The fourth-order valence-electron chi connectivity index (χ4n) is 1.59. The number of carbonyl (C=O) groups excluding carboxylic acids is 1. The average Bonchev–Trinajstić information content (AvgIpc) is 2.33. The molecule has 0 atom stereocenters. The SMILES string of the molecule is CCN(CC)C(=O)CN(C)c1nc(N)ncc1F. The van der Waals surface area contributed by atoms with Crippen molar-refractivity contribution < 1.29 is 9.18 Å². The molecule has 6 nitrogen and oxygen atoms in total. The highest BCUT2D eigenvalue weighted by Crippen LogP contribution is 2.14. The molecule has 0 aromatic carbocycles. The zero-order valence-electron chi connectivity index (χ0n) is 10.9. The van der Waals surface area contributed by atoms with Gasteiger partial charge in [0.25, 0.3) is 0 Å². The van der Waals surface area contributed by atoms with Gasteiger partial charge in [-0.05, 0) is 13.8 Å². The number of amides is 1. The quantitative estimate of drug-likeness (QED) is 0.829. The first-order valence-corrected chi connectivity index (χ1v) is 5.76. The van der Waals surface area contributed by atoms with Gasteiger partial charge < -0.3 is 15.5 Å². The second kappa shape index (κ2) is 6.13. The first kappa shape index (κ1) is 14.1. The summed E-state index contributed by atoms with van der Waals surface area (Å²) < 4.78 is 13.5. The number of halogens is 1. The highest BCUT2D eigenvalue weighted by atomic mass is 19.1. The van der Waals surface area contributed by atoms with Crippen LogP contribution < -0.4 is 10.6 Å². The van der Waals surface area contributed by atoms with Gasteiger partial charge >= 0.3 is 0 Å². The van der Waals surface area contributed by atoms with E-state index < -0.39 is 5.82 Å². The van der Waals surface area contributed by atoms with Crippen molar-refractivity contribution in [2.75, 3.05) is 37.3 Å². The lowest BCUT2D eigenvalue weighted by atomic mass is 10.4. The summed E-state index contributed by atoms with van der Waals surface area (Å²) in [6.45, 7) is 5.08. The molecule has 1 rings (SSSR count). The molecule has 100 valence electrons. The van der Waals surface area contributed by atoms with Crippen LogP contribution in [0, 0.1) is 5.82 Å². The van der Waals surface area contributed by atoms with Gasteiger partial charge in [-0.3, -0.25) is 4.79 Å². The first-order valence-electron chi connectivity index (χ1n) is 5.76. The van der Waals surface area contributed by atoms with E-state index in [-0.39, 0.29) is 24.2 Å². The second-order valence-electron chi connectivity index (χ2n) is 3.82. The third kappa shape index (κ3) is 3.28. The number of carbonyl (C=O) groups is 1. The Labute approximate surface area is 106 Å². The highest BCUT2D eigenvalue weighted by molar-refractivity contribution is 5.81. The lowest BCUT2D eigenvalue weighted by molar-refractivity contribution is -0.129. The molecule has 1 aromatic rings. The molecule has 1 heterocycles. The van der Waals surface area contributed by atoms with Crippen LogP contribution in [-0.2, 0) is 4.79 Å². The summed E-state index contributed by atoms with van der Waals surface area (Å²) in [4.78, 5) is 22.3. The maximum atomic E-state index is 13.5. The Bertz CT molecular complexity index is 422. The average molecular weight is 255 g/mol. The van der Waals surface area contributed by atoms with Crippen molar-refractivity contribution in [1.82, 2.24) is 14.9 Å². The molecule has 0 aliphatic carbocycles. The van der Waals surface area contributed by atoms with Gasteiger partial charge in [-0.2, -0.15) is 4.98 Å². The minimum Gasteiger partial charge on any atom is -0.368 e. The number of hydrogen-bond acceptors (Lipinski definition) is 5. The summed E-state index contributed by atoms with van der Waals surface area (Å²) in [7, 11) is 1.59. The molecular formula is C11H18FN5O.